The van der Waals surface area contributed by atoms with Crippen molar-refractivity contribution < 1.29 is 4.79 Å². The maximum atomic E-state index is 12.4. The number of hydrogen-bond donors (Lipinski definition) is 0. The van der Waals surface area contributed by atoms with Gasteiger partial charge in [0.05, 0.1) is 11.7 Å². The van der Waals surface area contributed by atoms with Gasteiger partial charge in [-0.2, -0.15) is 4.37 Å². The summed E-state index contributed by atoms with van der Waals surface area (Å²) in [7, 11) is 0. The van der Waals surface area contributed by atoms with Gasteiger partial charge in [0.2, 0.25) is 0 Å². The van der Waals surface area contributed by atoms with E-state index in [0.29, 0.717) is 18.8 Å². The summed E-state index contributed by atoms with van der Waals surface area (Å²) in [6.45, 7) is 2.97. The van der Waals surface area contributed by atoms with E-state index in [0.717, 1.165) is 18.6 Å². The van der Waals surface area contributed by atoms with Crippen LogP contribution in [0.4, 0.5) is 5.00 Å². The fourth-order valence-corrected chi connectivity index (χ4v) is 3.70. The van der Waals surface area contributed by atoms with E-state index in [9.17, 15) is 4.79 Å². The predicted molar refractivity (Wildman–Crippen MR) is 89.8 cm³/mol. The maximum absolute atomic E-state index is 12.4. The number of anilines is 1. The molecule has 0 unspecified atom stereocenters. The van der Waals surface area contributed by atoms with Crippen molar-refractivity contribution in [1.82, 2.24) is 19.2 Å². The second kappa shape index (κ2) is 5.92. The van der Waals surface area contributed by atoms with E-state index in [2.05, 4.69) is 25.3 Å². The van der Waals surface area contributed by atoms with Gasteiger partial charge in [0.15, 0.2) is 0 Å². The number of carbonyl (C=O) groups is 1. The van der Waals surface area contributed by atoms with E-state index in [4.69, 9.17) is 0 Å². The molecule has 7 heteroatoms. The van der Waals surface area contributed by atoms with Gasteiger partial charge < -0.3 is 9.80 Å². The van der Waals surface area contributed by atoms with E-state index in [-0.39, 0.29) is 5.91 Å². The third-order valence-corrected chi connectivity index (χ3v) is 4.94. The molecule has 4 rings (SSSR count). The molecule has 1 saturated heterocycles. The topological polar surface area (TPSA) is 62.2 Å². The first-order valence-corrected chi connectivity index (χ1v) is 8.25. The van der Waals surface area contributed by atoms with Crippen LogP contribution in [-0.4, -0.2) is 51.3 Å². The Hall–Kier alpha value is -2.54. The first-order valence-electron chi connectivity index (χ1n) is 7.47. The van der Waals surface area contributed by atoms with E-state index in [1.807, 2.05) is 23.1 Å². The Morgan fingerprint density at radius 3 is 2.70 bits per heavy atom. The standard InChI is InChI=1S/C16H15N5OS/c22-15(14-11-17-5-6-18-14)20-7-9-21(10-8-20)16-12-3-1-2-4-13(12)19-23-16/h1-6,11H,7-10H2. The van der Waals surface area contributed by atoms with Crippen molar-refractivity contribution in [2.24, 2.45) is 0 Å². The molecule has 1 aliphatic rings. The highest BCUT2D eigenvalue weighted by Gasteiger charge is 2.24. The summed E-state index contributed by atoms with van der Waals surface area (Å²) in [5, 5.41) is 2.37. The maximum Gasteiger partial charge on any atom is 0.274 e. The van der Waals surface area contributed by atoms with Crippen molar-refractivity contribution in [3.8, 4) is 0 Å². The number of fused-ring (bicyclic) bond motifs is 1. The molecule has 1 aliphatic heterocycles. The lowest BCUT2D eigenvalue weighted by molar-refractivity contribution is 0.0740. The van der Waals surface area contributed by atoms with Gasteiger partial charge in [0, 0.05) is 44.0 Å². The van der Waals surface area contributed by atoms with Gasteiger partial charge in [0.1, 0.15) is 10.7 Å². The summed E-state index contributed by atoms with van der Waals surface area (Å²) in [6.07, 6.45) is 4.64. The van der Waals surface area contributed by atoms with Crippen molar-refractivity contribution in [3.05, 3.63) is 48.5 Å². The second-order valence-electron chi connectivity index (χ2n) is 5.37. The highest BCUT2D eigenvalue weighted by molar-refractivity contribution is 7.11. The van der Waals surface area contributed by atoms with Crippen LogP contribution in [0.1, 0.15) is 10.5 Å². The van der Waals surface area contributed by atoms with Crippen molar-refractivity contribution in [2.45, 2.75) is 0 Å². The summed E-state index contributed by atoms with van der Waals surface area (Å²) in [5.41, 5.74) is 1.44. The molecule has 0 aliphatic carbocycles. The average molecular weight is 325 g/mol. The Kier molecular flexibility index (Phi) is 3.63. The molecule has 1 aromatic carbocycles. The normalized spacial score (nSPS) is 15.1. The van der Waals surface area contributed by atoms with Crippen molar-refractivity contribution in [2.75, 3.05) is 31.1 Å². The smallest absolute Gasteiger partial charge is 0.274 e. The van der Waals surface area contributed by atoms with Crippen LogP contribution in [0, 0.1) is 0 Å². The lowest BCUT2D eigenvalue weighted by Crippen LogP contribution is -2.48. The van der Waals surface area contributed by atoms with Crippen LogP contribution in [0.3, 0.4) is 0 Å². The number of aromatic nitrogens is 3. The Balaban J connectivity index is 1.48. The minimum Gasteiger partial charge on any atom is -0.358 e. The Labute approximate surface area is 137 Å². The molecule has 0 spiro atoms. The molecule has 3 heterocycles. The number of hydrogen-bond acceptors (Lipinski definition) is 6. The summed E-state index contributed by atoms with van der Waals surface area (Å²) in [4.78, 5) is 24.6. The fourth-order valence-electron chi connectivity index (χ4n) is 2.79. The number of carbonyl (C=O) groups excluding carboxylic acids is 1. The zero-order valence-corrected chi connectivity index (χ0v) is 13.2. The summed E-state index contributed by atoms with van der Waals surface area (Å²) in [5.74, 6) is -0.0492. The van der Waals surface area contributed by atoms with Crippen molar-refractivity contribution in [3.63, 3.8) is 0 Å². The van der Waals surface area contributed by atoms with Gasteiger partial charge in [-0.1, -0.05) is 12.1 Å². The summed E-state index contributed by atoms with van der Waals surface area (Å²) >= 11 is 1.53. The third kappa shape index (κ3) is 2.63. The summed E-state index contributed by atoms with van der Waals surface area (Å²) in [6, 6.07) is 8.17. The molecule has 0 bridgehead atoms. The van der Waals surface area contributed by atoms with Gasteiger partial charge >= 0.3 is 0 Å². The zero-order valence-electron chi connectivity index (χ0n) is 12.4. The number of piperazine rings is 1. The van der Waals surface area contributed by atoms with Gasteiger partial charge in [0.25, 0.3) is 5.91 Å². The van der Waals surface area contributed by atoms with Gasteiger partial charge in [-0.3, -0.25) is 9.78 Å². The van der Waals surface area contributed by atoms with Crippen LogP contribution < -0.4 is 4.90 Å². The fraction of sp³-hybridized carbons (Fsp3) is 0.250. The van der Waals surface area contributed by atoms with Gasteiger partial charge in [-0.05, 0) is 23.7 Å². The first kappa shape index (κ1) is 14.1. The molecule has 0 atom stereocenters. The molecular formula is C16H15N5OS. The number of rotatable bonds is 2. The first-order chi connectivity index (χ1) is 11.3. The Morgan fingerprint density at radius 2 is 1.91 bits per heavy atom. The molecule has 23 heavy (non-hydrogen) atoms. The lowest BCUT2D eigenvalue weighted by atomic mass is 10.2. The van der Waals surface area contributed by atoms with E-state index >= 15 is 0 Å². The minimum atomic E-state index is -0.0492. The zero-order chi connectivity index (χ0) is 15.6. The monoisotopic (exact) mass is 325 g/mol. The van der Waals surface area contributed by atoms with Crippen LogP contribution in [-0.2, 0) is 0 Å². The molecule has 0 radical (unpaired) electrons. The van der Waals surface area contributed by atoms with E-state index in [1.165, 1.54) is 28.1 Å². The second-order valence-corrected chi connectivity index (χ2v) is 6.13. The minimum absolute atomic E-state index is 0.0492. The van der Waals surface area contributed by atoms with Crippen LogP contribution in [0.5, 0.6) is 0 Å². The number of amides is 1. The lowest BCUT2D eigenvalue weighted by Gasteiger charge is -2.35. The van der Waals surface area contributed by atoms with Crippen LogP contribution in [0.15, 0.2) is 42.9 Å². The molecule has 0 N–H and O–H groups in total. The molecule has 6 nitrogen and oxygen atoms in total. The molecule has 2 aromatic heterocycles. The Bertz CT molecular complexity index is 827. The largest absolute Gasteiger partial charge is 0.358 e. The Morgan fingerprint density at radius 1 is 1.09 bits per heavy atom. The van der Waals surface area contributed by atoms with Crippen molar-refractivity contribution in [1.29, 1.82) is 0 Å². The highest BCUT2D eigenvalue weighted by Crippen LogP contribution is 2.31. The molecule has 1 amide bonds. The average Bonchev–Trinajstić information content (AvgIpc) is 3.06. The van der Waals surface area contributed by atoms with Crippen LogP contribution >= 0.6 is 11.5 Å². The number of benzene rings is 1. The molecule has 116 valence electrons. The summed E-state index contributed by atoms with van der Waals surface area (Å²) < 4.78 is 4.50. The molecule has 3 aromatic rings. The van der Waals surface area contributed by atoms with Crippen LogP contribution in [0.25, 0.3) is 10.9 Å². The van der Waals surface area contributed by atoms with E-state index in [1.54, 1.807) is 12.4 Å². The third-order valence-electron chi connectivity index (χ3n) is 4.00. The molecule has 0 saturated carbocycles. The molecular weight excluding hydrogens is 310 g/mol. The number of nitrogens with zero attached hydrogens (tertiary/aromatic N) is 5. The predicted octanol–water partition coefficient (Wildman–Crippen LogP) is 2.05. The van der Waals surface area contributed by atoms with Crippen LogP contribution in [0.2, 0.25) is 0 Å². The quantitative estimate of drug-likeness (QED) is 0.721. The van der Waals surface area contributed by atoms with Gasteiger partial charge in [-0.25, -0.2) is 4.98 Å². The van der Waals surface area contributed by atoms with E-state index < -0.39 is 0 Å². The van der Waals surface area contributed by atoms with Gasteiger partial charge in [-0.15, -0.1) is 0 Å². The molecule has 1 fully saturated rings. The van der Waals surface area contributed by atoms with Crippen molar-refractivity contribution >= 4 is 33.3 Å². The SMILES string of the molecule is O=C(c1cnccn1)N1CCN(c2snc3ccccc23)CC1. The highest BCUT2D eigenvalue weighted by atomic mass is 32.1.